The normalized spacial score (nSPS) is 28.8. The van der Waals surface area contributed by atoms with Crippen LogP contribution in [0.15, 0.2) is 36.8 Å². The molecule has 1 aliphatic carbocycles. The van der Waals surface area contributed by atoms with Gasteiger partial charge in [-0.1, -0.05) is 24.3 Å². The van der Waals surface area contributed by atoms with Crippen LogP contribution in [0.4, 0.5) is 8.78 Å². The quantitative estimate of drug-likeness (QED) is 0.944. The third-order valence-corrected chi connectivity index (χ3v) is 5.13. The van der Waals surface area contributed by atoms with Crippen LogP contribution < -0.4 is 0 Å². The maximum Gasteiger partial charge on any atom is 0.0981 e. The first-order valence-corrected chi connectivity index (χ1v) is 7.13. The Hall–Kier alpha value is -1.75. The molecule has 0 bridgehead atoms. The summed E-state index contributed by atoms with van der Waals surface area (Å²) < 4.78 is 28.9. The minimum absolute atomic E-state index is 0.188. The lowest BCUT2D eigenvalue weighted by atomic mass is 9.56. The van der Waals surface area contributed by atoms with Gasteiger partial charge in [-0.3, -0.25) is 8.78 Å². The topological polar surface area (TPSA) is 38.1 Å². The summed E-state index contributed by atoms with van der Waals surface area (Å²) in [6.45, 7) is -1.48. The molecule has 2 aromatic rings. The predicted molar refractivity (Wildman–Crippen MR) is 74.3 cm³/mol. The summed E-state index contributed by atoms with van der Waals surface area (Å²) >= 11 is 0. The van der Waals surface area contributed by atoms with Crippen LogP contribution in [-0.4, -0.2) is 34.1 Å². The van der Waals surface area contributed by atoms with Gasteiger partial charge in [-0.05, 0) is 12.0 Å². The second kappa shape index (κ2) is 4.37. The lowest BCUT2D eigenvalue weighted by Crippen LogP contribution is -2.57. The summed E-state index contributed by atoms with van der Waals surface area (Å²) in [5.41, 5.74) is 1.93. The Kier molecular flexibility index (Phi) is 2.70. The van der Waals surface area contributed by atoms with E-state index in [0.717, 1.165) is 16.8 Å². The molecule has 1 N–H and O–H groups in total. The van der Waals surface area contributed by atoms with Gasteiger partial charge in [-0.2, -0.15) is 0 Å². The molecule has 0 saturated heterocycles. The van der Waals surface area contributed by atoms with E-state index in [1.54, 1.807) is 12.5 Å². The zero-order chi connectivity index (χ0) is 14.6. The smallest absolute Gasteiger partial charge is 0.0981 e. The molecule has 1 aliphatic heterocycles. The minimum Gasteiger partial charge on any atom is -0.393 e. The third-order valence-electron chi connectivity index (χ3n) is 5.13. The van der Waals surface area contributed by atoms with Crippen LogP contribution in [0.3, 0.4) is 0 Å². The number of aromatic nitrogens is 2. The first-order valence-electron chi connectivity index (χ1n) is 7.13. The number of aliphatic hydroxyl groups excluding tert-OH is 1. The Bertz CT molecular complexity index is 680. The molecule has 21 heavy (non-hydrogen) atoms. The number of alkyl halides is 2. The van der Waals surface area contributed by atoms with E-state index in [0.29, 0.717) is 0 Å². The Balaban J connectivity index is 1.86. The number of nitrogens with zero attached hydrogens (tertiary/aromatic N) is 2. The molecule has 0 amide bonds. The average Bonchev–Trinajstić information content (AvgIpc) is 3.08. The lowest BCUT2D eigenvalue weighted by Gasteiger charge is -2.53. The van der Waals surface area contributed by atoms with Gasteiger partial charge in [0.15, 0.2) is 0 Å². The van der Waals surface area contributed by atoms with Gasteiger partial charge in [0.2, 0.25) is 0 Å². The van der Waals surface area contributed by atoms with Gasteiger partial charge in [0, 0.05) is 16.9 Å². The number of hydrogen-bond acceptors (Lipinski definition) is 2. The van der Waals surface area contributed by atoms with Crippen LogP contribution in [0.5, 0.6) is 0 Å². The third kappa shape index (κ3) is 1.52. The van der Waals surface area contributed by atoms with Crippen LogP contribution in [0.2, 0.25) is 0 Å². The Morgan fingerprint density at radius 1 is 1.29 bits per heavy atom. The number of benzene rings is 1. The molecule has 0 radical (unpaired) electrons. The van der Waals surface area contributed by atoms with Crippen molar-refractivity contribution in [2.45, 2.75) is 18.6 Å². The molecule has 110 valence electrons. The van der Waals surface area contributed by atoms with Crippen LogP contribution in [0, 0.1) is 11.3 Å². The molecular weight excluding hydrogens is 274 g/mol. The van der Waals surface area contributed by atoms with Crippen molar-refractivity contribution in [2.75, 3.05) is 13.3 Å². The summed E-state index contributed by atoms with van der Waals surface area (Å²) in [7, 11) is 0. The van der Waals surface area contributed by atoms with E-state index in [1.807, 2.05) is 28.8 Å². The fraction of sp³-hybridized carbons (Fsp3) is 0.438. The second-order valence-corrected chi connectivity index (χ2v) is 6.15. The highest BCUT2D eigenvalue weighted by atomic mass is 19.1. The number of hydrogen-bond donors (Lipinski definition) is 1. The van der Waals surface area contributed by atoms with Gasteiger partial charge in [-0.15, -0.1) is 0 Å². The van der Waals surface area contributed by atoms with Gasteiger partial charge >= 0.3 is 0 Å². The molecule has 1 saturated carbocycles. The van der Waals surface area contributed by atoms with Gasteiger partial charge < -0.3 is 9.67 Å². The van der Waals surface area contributed by atoms with Crippen molar-refractivity contribution >= 4 is 0 Å². The van der Waals surface area contributed by atoms with Crippen LogP contribution in [-0.2, 0) is 0 Å². The van der Waals surface area contributed by atoms with Crippen molar-refractivity contribution in [2.24, 2.45) is 11.3 Å². The van der Waals surface area contributed by atoms with E-state index in [2.05, 4.69) is 4.98 Å². The van der Waals surface area contributed by atoms with Crippen LogP contribution in [0.1, 0.15) is 18.0 Å². The van der Waals surface area contributed by atoms with Crippen molar-refractivity contribution in [1.82, 2.24) is 9.55 Å². The largest absolute Gasteiger partial charge is 0.393 e. The highest BCUT2D eigenvalue weighted by Gasteiger charge is 2.59. The lowest BCUT2D eigenvalue weighted by molar-refractivity contribution is -0.143. The van der Waals surface area contributed by atoms with Crippen molar-refractivity contribution in [3.8, 4) is 11.3 Å². The van der Waals surface area contributed by atoms with Gasteiger partial charge in [0.05, 0.1) is 43.7 Å². The first kappa shape index (κ1) is 13.0. The zero-order valence-corrected chi connectivity index (χ0v) is 11.4. The summed E-state index contributed by atoms with van der Waals surface area (Å²) in [5.74, 6) is -0.455. The molecule has 1 fully saturated rings. The van der Waals surface area contributed by atoms with Gasteiger partial charge in [0.25, 0.3) is 0 Å². The van der Waals surface area contributed by atoms with Crippen molar-refractivity contribution in [1.29, 1.82) is 0 Å². The van der Waals surface area contributed by atoms with Crippen molar-refractivity contribution in [3.63, 3.8) is 0 Å². The Morgan fingerprint density at radius 3 is 2.76 bits per heavy atom. The number of rotatable bonds is 3. The SMILES string of the molecule is O[C@H]1CC(CF)(CF)[C@H]1[C@H]1c2ccccc2-c2cncn21. The predicted octanol–water partition coefficient (Wildman–Crippen LogP) is 2.76. The average molecular weight is 290 g/mol. The first-order chi connectivity index (χ1) is 10.2. The van der Waals surface area contributed by atoms with E-state index in [-0.39, 0.29) is 12.5 Å². The Labute approximate surface area is 121 Å². The summed E-state index contributed by atoms with van der Waals surface area (Å²) in [6, 6.07) is 7.57. The summed E-state index contributed by atoms with van der Waals surface area (Å²) in [5, 5.41) is 10.2. The number of aliphatic hydroxyl groups is 1. The Morgan fingerprint density at radius 2 is 2.05 bits per heavy atom. The molecule has 2 heterocycles. The highest BCUT2D eigenvalue weighted by molar-refractivity contribution is 5.69. The van der Waals surface area contributed by atoms with E-state index in [4.69, 9.17) is 0 Å². The molecule has 1 aromatic heterocycles. The van der Waals surface area contributed by atoms with Crippen molar-refractivity contribution in [3.05, 3.63) is 42.4 Å². The summed E-state index contributed by atoms with van der Waals surface area (Å²) in [6.07, 6.45) is 2.96. The fourth-order valence-electron chi connectivity index (χ4n) is 4.03. The fourth-order valence-corrected chi connectivity index (χ4v) is 4.03. The highest BCUT2D eigenvalue weighted by Crippen LogP contribution is 2.57. The molecule has 3 nitrogen and oxygen atoms in total. The van der Waals surface area contributed by atoms with E-state index < -0.39 is 30.8 Å². The molecule has 4 rings (SSSR count). The number of halogens is 2. The molecule has 5 heteroatoms. The monoisotopic (exact) mass is 290 g/mol. The standard InChI is InChI=1S/C16H16F2N2O/c17-7-16(8-18)5-13(21)14(16)15-11-4-2-1-3-10(11)12-6-19-9-20(12)15/h1-4,6,9,13-15,21H,5,7-8H2/t13-,14+,15+/m0/s1. The van der Waals surface area contributed by atoms with E-state index >= 15 is 0 Å². The van der Waals surface area contributed by atoms with E-state index in [9.17, 15) is 13.9 Å². The molecule has 3 atom stereocenters. The minimum atomic E-state index is -1.07. The maximum atomic E-state index is 13.5. The van der Waals surface area contributed by atoms with Gasteiger partial charge in [-0.25, -0.2) is 4.98 Å². The van der Waals surface area contributed by atoms with Crippen LogP contribution in [0.25, 0.3) is 11.3 Å². The molecular formula is C16H16F2N2O. The zero-order valence-electron chi connectivity index (χ0n) is 11.4. The number of fused-ring (bicyclic) bond motifs is 3. The molecule has 2 aliphatic rings. The molecule has 0 unspecified atom stereocenters. The number of imidazole rings is 1. The summed E-state index contributed by atoms with van der Waals surface area (Å²) in [4.78, 5) is 4.15. The van der Waals surface area contributed by atoms with Crippen LogP contribution >= 0.6 is 0 Å². The van der Waals surface area contributed by atoms with Gasteiger partial charge in [0.1, 0.15) is 0 Å². The van der Waals surface area contributed by atoms with E-state index in [1.165, 1.54) is 0 Å². The van der Waals surface area contributed by atoms with Crippen molar-refractivity contribution < 1.29 is 13.9 Å². The second-order valence-electron chi connectivity index (χ2n) is 6.15. The molecule has 1 aromatic carbocycles. The maximum absolute atomic E-state index is 13.5. The molecule has 0 spiro atoms.